The summed E-state index contributed by atoms with van der Waals surface area (Å²) in [5.41, 5.74) is 4.48. The second-order valence-electron chi connectivity index (χ2n) is 16.3. The summed E-state index contributed by atoms with van der Waals surface area (Å²) in [5.74, 6) is -0.106. The molecule has 0 spiro atoms. The maximum atomic E-state index is 13.8. The van der Waals surface area contributed by atoms with Crippen molar-refractivity contribution in [2.75, 3.05) is 18.4 Å². The van der Waals surface area contributed by atoms with Crippen LogP contribution in [0, 0.1) is 24.7 Å². The molecule has 2 unspecified atom stereocenters. The smallest absolute Gasteiger partial charge is 0.407 e. The number of ketones is 1. The van der Waals surface area contributed by atoms with E-state index in [1.165, 1.54) is 0 Å². The maximum absolute atomic E-state index is 13.8. The number of rotatable bonds is 15. The number of aromatic nitrogens is 5. The van der Waals surface area contributed by atoms with E-state index >= 15 is 0 Å². The average Bonchev–Trinajstić information content (AvgIpc) is 3.89. The number of amides is 4. The fourth-order valence-electron chi connectivity index (χ4n) is 7.52. The monoisotopic (exact) mass is 791 g/mol. The summed E-state index contributed by atoms with van der Waals surface area (Å²) < 4.78 is 5.36. The number of carbonyl (C=O) groups is 5. The third-order valence-electron chi connectivity index (χ3n) is 10.7. The van der Waals surface area contributed by atoms with Gasteiger partial charge >= 0.3 is 6.09 Å². The number of alkyl carbamates (subject to hydrolysis) is 1. The van der Waals surface area contributed by atoms with Crippen molar-refractivity contribution < 1.29 is 28.7 Å². The van der Waals surface area contributed by atoms with Gasteiger partial charge in [0, 0.05) is 60.3 Å². The minimum Gasteiger partial charge on any atom is -0.444 e. The predicted molar refractivity (Wildman–Crippen MR) is 217 cm³/mol. The Hall–Kier alpha value is -5.99. The first-order valence-electron chi connectivity index (χ1n) is 20.1. The van der Waals surface area contributed by atoms with Gasteiger partial charge in [-0.05, 0) is 125 Å². The van der Waals surface area contributed by atoms with Crippen molar-refractivity contribution in [3.05, 3.63) is 77.6 Å². The molecular formula is C43H53N9O6. The first-order chi connectivity index (χ1) is 27.8. The molecule has 0 bridgehead atoms. The molecule has 1 saturated heterocycles. The van der Waals surface area contributed by atoms with Crippen molar-refractivity contribution in [1.82, 2.24) is 41.6 Å². The molecule has 58 heavy (non-hydrogen) atoms. The molecule has 0 radical (unpaired) electrons. The van der Waals surface area contributed by atoms with Gasteiger partial charge in [-0.1, -0.05) is 30.3 Å². The molecule has 15 nitrogen and oxygen atoms in total. The standard InChI is InChI=1S/C43H53N9O6/c1-26-34(20-21-35(46-26)37(53)7-5-6-31-22-23-44-39(31)54)29-12-8-27(9-13-29)24-36(41(56)47-33-18-16-30(17-19-33)38-49-51-52-50-38)48-40(55)32-14-10-28(11-15-32)25-45-42(57)58-43(2,3)4/h8-9,12-13,16-21,28,31-32,36H,5-7,10-11,14-15,22-25H2,1-4H3,(H,44,54)(H,45,57)(H,47,56)(H,48,55)(H,49,50,51,52). The second kappa shape index (κ2) is 19.0. The number of anilines is 1. The normalized spacial score (nSPS) is 18.5. The van der Waals surface area contributed by atoms with Crippen LogP contribution in [0.3, 0.4) is 0 Å². The quantitative estimate of drug-likeness (QED) is 0.0925. The van der Waals surface area contributed by atoms with Crippen LogP contribution in [0.5, 0.6) is 0 Å². The van der Waals surface area contributed by atoms with Crippen LogP contribution in [-0.4, -0.2) is 79.9 Å². The number of benzene rings is 2. The summed E-state index contributed by atoms with van der Waals surface area (Å²) in [5, 5.41) is 25.7. The van der Waals surface area contributed by atoms with Gasteiger partial charge in [0.05, 0.1) is 0 Å². The number of nitrogens with one attached hydrogen (secondary N) is 5. The lowest BCUT2D eigenvalue weighted by Crippen LogP contribution is -2.48. The number of aryl methyl sites for hydroxylation is 1. The minimum atomic E-state index is -0.862. The molecule has 1 aliphatic heterocycles. The Labute approximate surface area is 338 Å². The largest absolute Gasteiger partial charge is 0.444 e. The van der Waals surface area contributed by atoms with Crippen LogP contribution >= 0.6 is 0 Å². The lowest BCUT2D eigenvalue weighted by molar-refractivity contribution is -0.130. The molecule has 4 aromatic rings. The van der Waals surface area contributed by atoms with E-state index in [0.29, 0.717) is 62.4 Å². The van der Waals surface area contributed by atoms with E-state index in [2.05, 4.69) is 46.9 Å². The van der Waals surface area contributed by atoms with Crippen LogP contribution in [0.15, 0.2) is 60.7 Å². The van der Waals surface area contributed by atoms with Crippen molar-refractivity contribution in [2.45, 2.75) is 97.1 Å². The number of carbonyl (C=O) groups excluding carboxylic acids is 5. The average molecular weight is 792 g/mol. The molecule has 306 valence electrons. The highest BCUT2D eigenvalue weighted by atomic mass is 16.6. The Balaban J connectivity index is 1.08. The molecule has 1 aliphatic carbocycles. The van der Waals surface area contributed by atoms with E-state index in [9.17, 15) is 24.0 Å². The summed E-state index contributed by atoms with van der Waals surface area (Å²) in [6, 6.07) is 17.6. The summed E-state index contributed by atoms with van der Waals surface area (Å²) in [7, 11) is 0. The number of hydrogen-bond donors (Lipinski definition) is 5. The molecule has 1 saturated carbocycles. The second-order valence-corrected chi connectivity index (χ2v) is 16.3. The van der Waals surface area contributed by atoms with Gasteiger partial charge in [-0.25, -0.2) is 9.78 Å². The fourth-order valence-corrected chi connectivity index (χ4v) is 7.52. The van der Waals surface area contributed by atoms with Gasteiger partial charge in [0.2, 0.25) is 23.5 Å². The molecule has 3 heterocycles. The highest BCUT2D eigenvalue weighted by molar-refractivity contribution is 5.98. The van der Waals surface area contributed by atoms with Crippen molar-refractivity contribution in [3.8, 4) is 22.5 Å². The third-order valence-corrected chi connectivity index (χ3v) is 10.7. The zero-order valence-electron chi connectivity index (χ0n) is 33.6. The van der Waals surface area contributed by atoms with E-state index in [0.717, 1.165) is 47.2 Å². The summed E-state index contributed by atoms with van der Waals surface area (Å²) in [6.45, 7) is 8.52. The molecule has 2 atom stereocenters. The third kappa shape index (κ3) is 11.5. The van der Waals surface area contributed by atoms with Crippen LogP contribution < -0.4 is 21.3 Å². The van der Waals surface area contributed by atoms with E-state index in [1.807, 2.05) is 58.0 Å². The number of hydrogen-bond acceptors (Lipinski definition) is 10. The molecular weight excluding hydrogens is 739 g/mol. The number of ether oxygens (including phenoxy) is 1. The van der Waals surface area contributed by atoms with Crippen molar-refractivity contribution in [2.24, 2.45) is 17.8 Å². The first-order valence-corrected chi connectivity index (χ1v) is 20.1. The highest BCUT2D eigenvalue weighted by Gasteiger charge is 2.31. The maximum Gasteiger partial charge on any atom is 0.407 e. The molecule has 5 N–H and O–H groups in total. The van der Waals surface area contributed by atoms with Gasteiger partial charge in [-0.3, -0.25) is 19.2 Å². The van der Waals surface area contributed by atoms with E-state index < -0.39 is 17.7 Å². The Morgan fingerprint density at radius 2 is 1.64 bits per heavy atom. The number of aromatic amines is 1. The number of pyridine rings is 1. The van der Waals surface area contributed by atoms with Crippen molar-refractivity contribution >= 4 is 35.3 Å². The Morgan fingerprint density at radius 3 is 2.28 bits per heavy atom. The number of nitrogens with zero attached hydrogens (tertiary/aromatic N) is 4. The zero-order valence-corrected chi connectivity index (χ0v) is 33.6. The number of H-pyrrole nitrogens is 1. The SMILES string of the molecule is Cc1nc(C(=O)CCCC2CCNC2=O)ccc1-c1ccc(CC(NC(=O)C2CCC(CNC(=O)OC(C)(C)C)CC2)C(=O)Nc2ccc(-c3nn[nH]n3)cc2)cc1. The molecule has 2 aromatic carbocycles. The van der Waals surface area contributed by atoms with Crippen LogP contribution in [-0.2, 0) is 25.5 Å². The van der Waals surface area contributed by atoms with Crippen molar-refractivity contribution in [3.63, 3.8) is 0 Å². The predicted octanol–water partition coefficient (Wildman–Crippen LogP) is 5.72. The van der Waals surface area contributed by atoms with Gasteiger partial charge in [-0.15, -0.1) is 10.2 Å². The Bertz CT molecular complexity index is 2050. The van der Waals surface area contributed by atoms with Gasteiger partial charge in [0.1, 0.15) is 17.3 Å². The lowest BCUT2D eigenvalue weighted by Gasteiger charge is -2.29. The number of tetrazole rings is 1. The fraction of sp³-hybridized carbons (Fsp3) is 0.465. The minimum absolute atomic E-state index is 0.0110. The van der Waals surface area contributed by atoms with Crippen LogP contribution in [0.25, 0.3) is 22.5 Å². The Morgan fingerprint density at radius 1 is 0.914 bits per heavy atom. The van der Waals surface area contributed by atoms with Gasteiger partial charge < -0.3 is 26.0 Å². The summed E-state index contributed by atoms with van der Waals surface area (Å²) in [4.78, 5) is 69.1. The molecule has 15 heteroatoms. The van der Waals surface area contributed by atoms with Crippen LogP contribution in [0.2, 0.25) is 0 Å². The molecule has 2 aliphatic rings. The van der Waals surface area contributed by atoms with Crippen LogP contribution in [0.4, 0.5) is 10.5 Å². The van der Waals surface area contributed by atoms with Gasteiger partial charge in [0.15, 0.2) is 5.78 Å². The van der Waals surface area contributed by atoms with Gasteiger partial charge in [0.25, 0.3) is 0 Å². The first kappa shape index (κ1) is 41.6. The Kier molecular flexibility index (Phi) is 13.6. The number of Topliss-reactive ketones (excluding diaryl/α,β-unsaturated/α-hetero) is 1. The molecule has 4 amide bonds. The summed E-state index contributed by atoms with van der Waals surface area (Å²) >= 11 is 0. The topological polar surface area (TPSA) is 210 Å². The highest BCUT2D eigenvalue weighted by Crippen LogP contribution is 2.30. The summed E-state index contributed by atoms with van der Waals surface area (Å²) in [6.07, 6.45) is 5.12. The van der Waals surface area contributed by atoms with Crippen molar-refractivity contribution in [1.29, 1.82) is 0 Å². The molecule has 2 fully saturated rings. The zero-order chi connectivity index (χ0) is 41.2. The molecule has 2 aromatic heterocycles. The van der Waals surface area contributed by atoms with E-state index in [-0.39, 0.29) is 47.7 Å². The van der Waals surface area contributed by atoms with Crippen LogP contribution in [0.1, 0.15) is 93.9 Å². The van der Waals surface area contributed by atoms with Gasteiger partial charge in [-0.2, -0.15) is 5.21 Å². The van der Waals surface area contributed by atoms with E-state index in [1.54, 1.807) is 30.3 Å². The van der Waals surface area contributed by atoms with E-state index in [4.69, 9.17) is 4.74 Å². The lowest BCUT2D eigenvalue weighted by atomic mass is 9.81. The molecule has 6 rings (SSSR count).